The van der Waals surface area contributed by atoms with Crippen LogP contribution in [0.5, 0.6) is 0 Å². The highest BCUT2D eigenvalue weighted by Gasteiger charge is 2.17. The lowest BCUT2D eigenvalue weighted by molar-refractivity contribution is 0.102. The summed E-state index contributed by atoms with van der Waals surface area (Å²) in [7, 11) is -3.45. The Labute approximate surface area is 156 Å². The molecule has 27 heavy (non-hydrogen) atoms. The van der Waals surface area contributed by atoms with E-state index in [2.05, 4.69) is 10.4 Å². The van der Waals surface area contributed by atoms with E-state index in [9.17, 15) is 17.6 Å². The van der Waals surface area contributed by atoms with Gasteiger partial charge in [0.25, 0.3) is 5.91 Å². The SMILES string of the molecule is Cc1ccc(C(=O)Nc2cnn(-c3ccccc3F)c2C)cc1S(C)(=O)=O. The van der Waals surface area contributed by atoms with Gasteiger partial charge >= 0.3 is 0 Å². The molecule has 1 aromatic heterocycles. The molecule has 0 fully saturated rings. The van der Waals surface area contributed by atoms with Gasteiger partial charge in [0, 0.05) is 11.8 Å². The Hall–Kier alpha value is -3.00. The summed E-state index contributed by atoms with van der Waals surface area (Å²) in [6.45, 7) is 3.37. The van der Waals surface area contributed by atoms with Crippen molar-refractivity contribution >= 4 is 21.4 Å². The quantitative estimate of drug-likeness (QED) is 0.745. The predicted molar refractivity (Wildman–Crippen MR) is 101 cm³/mol. The van der Waals surface area contributed by atoms with Crippen LogP contribution in [0.15, 0.2) is 53.6 Å². The Balaban J connectivity index is 1.91. The number of aryl methyl sites for hydroxylation is 1. The highest BCUT2D eigenvalue weighted by atomic mass is 32.2. The Morgan fingerprint density at radius 1 is 1.15 bits per heavy atom. The van der Waals surface area contributed by atoms with Crippen molar-refractivity contribution in [2.75, 3.05) is 11.6 Å². The number of halogens is 1. The van der Waals surface area contributed by atoms with Crippen LogP contribution in [-0.2, 0) is 9.84 Å². The number of anilines is 1. The van der Waals surface area contributed by atoms with Gasteiger partial charge in [-0.2, -0.15) is 5.10 Å². The van der Waals surface area contributed by atoms with Crippen LogP contribution in [0.25, 0.3) is 5.69 Å². The normalized spacial score (nSPS) is 11.4. The van der Waals surface area contributed by atoms with E-state index < -0.39 is 21.6 Å². The molecule has 0 unspecified atom stereocenters. The summed E-state index contributed by atoms with van der Waals surface area (Å²) in [5, 5.41) is 6.83. The molecular weight excluding hydrogens is 369 g/mol. The molecule has 1 heterocycles. The summed E-state index contributed by atoms with van der Waals surface area (Å²) in [6, 6.07) is 10.7. The summed E-state index contributed by atoms with van der Waals surface area (Å²) in [5.74, 6) is -0.908. The van der Waals surface area contributed by atoms with E-state index in [1.165, 1.54) is 23.0 Å². The van der Waals surface area contributed by atoms with Crippen molar-refractivity contribution in [2.45, 2.75) is 18.7 Å². The minimum absolute atomic E-state index is 0.105. The second-order valence-corrected chi connectivity index (χ2v) is 8.20. The van der Waals surface area contributed by atoms with Crippen LogP contribution in [0.1, 0.15) is 21.6 Å². The Kier molecular flexibility index (Phi) is 4.84. The first-order valence-corrected chi connectivity index (χ1v) is 9.99. The van der Waals surface area contributed by atoms with Crippen LogP contribution in [0.2, 0.25) is 0 Å². The lowest BCUT2D eigenvalue weighted by Crippen LogP contribution is -2.14. The molecule has 0 atom stereocenters. The second-order valence-electron chi connectivity index (χ2n) is 6.21. The molecule has 6 nitrogen and oxygen atoms in total. The zero-order valence-electron chi connectivity index (χ0n) is 15.0. The molecule has 0 aliphatic carbocycles. The van der Waals surface area contributed by atoms with Crippen LogP contribution in [-0.4, -0.2) is 30.4 Å². The van der Waals surface area contributed by atoms with Crippen LogP contribution < -0.4 is 5.32 Å². The molecule has 0 saturated heterocycles. The van der Waals surface area contributed by atoms with Crippen LogP contribution in [0.3, 0.4) is 0 Å². The maximum absolute atomic E-state index is 14.0. The molecule has 0 bridgehead atoms. The number of nitrogens with one attached hydrogen (secondary N) is 1. The number of carbonyl (C=O) groups excluding carboxylic acids is 1. The maximum Gasteiger partial charge on any atom is 0.255 e. The molecule has 0 radical (unpaired) electrons. The summed E-state index contributed by atoms with van der Waals surface area (Å²) in [4.78, 5) is 12.7. The first-order valence-electron chi connectivity index (χ1n) is 8.10. The molecule has 140 valence electrons. The van der Waals surface area contributed by atoms with Crippen LogP contribution >= 0.6 is 0 Å². The van der Waals surface area contributed by atoms with Crippen molar-refractivity contribution in [3.63, 3.8) is 0 Å². The molecule has 1 N–H and O–H groups in total. The van der Waals surface area contributed by atoms with Gasteiger partial charge in [-0.15, -0.1) is 0 Å². The Morgan fingerprint density at radius 2 is 1.85 bits per heavy atom. The minimum Gasteiger partial charge on any atom is -0.319 e. The summed E-state index contributed by atoms with van der Waals surface area (Å²) in [5.41, 5.74) is 2.00. The summed E-state index contributed by atoms with van der Waals surface area (Å²) in [6.07, 6.45) is 2.52. The molecule has 3 aromatic rings. The molecule has 0 aliphatic heterocycles. The van der Waals surface area contributed by atoms with Gasteiger partial charge in [0.05, 0.1) is 22.5 Å². The van der Waals surface area contributed by atoms with Crippen molar-refractivity contribution in [3.8, 4) is 5.69 Å². The fourth-order valence-electron chi connectivity index (χ4n) is 2.73. The molecule has 0 saturated carbocycles. The molecule has 0 aliphatic rings. The van der Waals surface area contributed by atoms with E-state index in [0.29, 0.717) is 16.9 Å². The van der Waals surface area contributed by atoms with Crippen molar-refractivity contribution in [3.05, 3.63) is 71.3 Å². The fraction of sp³-hybridized carbons (Fsp3) is 0.158. The minimum atomic E-state index is -3.45. The number of sulfone groups is 1. The van der Waals surface area contributed by atoms with Gasteiger partial charge in [-0.1, -0.05) is 18.2 Å². The van der Waals surface area contributed by atoms with Gasteiger partial charge in [0.1, 0.15) is 11.5 Å². The maximum atomic E-state index is 14.0. The molecule has 2 aromatic carbocycles. The first-order chi connectivity index (χ1) is 12.7. The van der Waals surface area contributed by atoms with E-state index in [0.717, 1.165) is 6.26 Å². The van der Waals surface area contributed by atoms with Crippen molar-refractivity contribution in [2.24, 2.45) is 0 Å². The van der Waals surface area contributed by atoms with E-state index in [4.69, 9.17) is 0 Å². The highest BCUT2D eigenvalue weighted by Crippen LogP contribution is 2.22. The smallest absolute Gasteiger partial charge is 0.255 e. The van der Waals surface area contributed by atoms with Gasteiger partial charge in [0.15, 0.2) is 9.84 Å². The third-order valence-corrected chi connectivity index (χ3v) is 5.43. The third-order valence-electron chi connectivity index (χ3n) is 4.19. The lowest BCUT2D eigenvalue weighted by Gasteiger charge is -2.09. The number of aromatic nitrogens is 2. The molecular formula is C19H18FN3O3S. The van der Waals surface area contributed by atoms with Gasteiger partial charge in [-0.05, 0) is 43.7 Å². The average molecular weight is 387 g/mol. The van der Waals surface area contributed by atoms with Crippen molar-refractivity contribution in [1.29, 1.82) is 0 Å². The van der Waals surface area contributed by atoms with Gasteiger partial charge < -0.3 is 5.32 Å². The van der Waals surface area contributed by atoms with Gasteiger partial charge in [-0.3, -0.25) is 4.79 Å². The Morgan fingerprint density at radius 3 is 2.52 bits per heavy atom. The number of carbonyl (C=O) groups is 1. The monoisotopic (exact) mass is 387 g/mol. The van der Waals surface area contributed by atoms with Crippen LogP contribution in [0, 0.1) is 19.7 Å². The average Bonchev–Trinajstić information content (AvgIpc) is 2.95. The summed E-state index contributed by atoms with van der Waals surface area (Å²) < 4.78 is 39.1. The number of nitrogens with zero attached hydrogens (tertiary/aromatic N) is 2. The number of hydrogen-bond acceptors (Lipinski definition) is 4. The molecule has 1 amide bonds. The molecule has 8 heteroatoms. The highest BCUT2D eigenvalue weighted by molar-refractivity contribution is 7.90. The van der Waals surface area contributed by atoms with Crippen LogP contribution in [0.4, 0.5) is 10.1 Å². The first kappa shape index (κ1) is 18.8. The van der Waals surface area contributed by atoms with Crippen molar-refractivity contribution < 1.29 is 17.6 Å². The van der Waals surface area contributed by atoms with E-state index in [-0.39, 0.29) is 16.1 Å². The molecule has 0 spiro atoms. The zero-order valence-corrected chi connectivity index (χ0v) is 15.8. The molecule has 3 rings (SSSR count). The second kappa shape index (κ2) is 6.96. The Bertz CT molecular complexity index is 1140. The number of benzene rings is 2. The third kappa shape index (κ3) is 3.75. The number of rotatable bonds is 4. The lowest BCUT2D eigenvalue weighted by atomic mass is 10.1. The van der Waals surface area contributed by atoms with E-state index >= 15 is 0 Å². The van der Waals surface area contributed by atoms with Gasteiger partial charge in [0.2, 0.25) is 0 Å². The fourth-order valence-corrected chi connectivity index (χ4v) is 3.73. The number of hydrogen-bond donors (Lipinski definition) is 1. The number of amides is 1. The largest absolute Gasteiger partial charge is 0.319 e. The van der Waals surface area contributed by atoms with E-state index in [1.807, 2.05) is 0 Å². The predicted octanol–water partition coefficient (Wildman–Crippen LogP) is 3.28. The topological polar surface area (TPSA) is 81.1 Å². The van der Waals surface area contributed by atoms with Gasteiger partial charge in [-0.25, -0.2) is 17.5 Å². The standard InChI is InChI=1S/C19H18FN3O3S/c1-12-8-9-14(10-18(12)27(3,25)26)19(24)22-16-11-21-23(13(16)2)17-7-5-4-6-15(17)20/h4-11H,1-3H3,(H,22,24). The number of para-hydroxylation sites is 1. The zero-order chi connectivity index (χ0) is 19.8. The van der Waals surface area contributed by atoms with Crippen molar-refractivity contribution in [1.82, 2.24) is 9.78 Å². The summed E-state index contributed by atoms with van der Waals surface area (Å²) >= 11 is 0. The van der Waals surface area contributed by atoms with E-state index in [1.54, 1.807) is 44.2 Å².